The number of hydrogen-bond acceptors (Lipinski definition) is 1. The van der Waals surface area contributed by atoms with E-state index in [2.05, 4.69) is 32.9 Å². The van der Waals surface area contributed by atoms with Gasteiger partial charge in [-0.15, -0.1) is 0 Å². The number of anilines is 1. The van der Waals surface area contributed by atoms with Gasteiger partial charge in [-0.05, 0) is 49.4 Å². The number of aryl methyl sites for hydroxylation is 1. The molecule has 1 rings (SSSR count). The van der Waals surface area contributed by atoms with Crippen molar-refractivity contribution in [3.63, 3.8) is 0 Å². The maximum Gasteiger partial charge on any atom is 0.0349 e. The van der Waals surface area contributed by atoms with E-state index in [1.807, 2.05) is 0 Å². The second-order valence-corrected chi connectivity index (χ2v) is 6.51. The van der Waals surface area contributed by atoms with Crippen LogP contribution in [0.2, 0.25) is 0 Å². The van der Waals surface area contributed by atoms with Crippen LogP contribution in [-0.4, -0.2) is 0 Å². The van der Waals surface area contributed by atoms with Crippen molar-refractivity contribution in [2.45, 2.75) is 91.4 Å². The highest BCUT2D eigenvalue weighted by Crippen LogP contribution is 2.22. The number of nitrogen functional groups attached to an aromatic ring is 1. The molecule has 0 aliphatic heterocycles. The zero-order valence-electron chi connectivity index (χ0n) is 14.5. The number of unbranched alkanes of at least 4 members (excludes halogenated alkanes) is 9. The van der Waals surface area contributed by atoms with E-state index in [-0.39, 0.29) is 0 Å². The van der Waals surface area contributed by atoms with Crippen LogP contribution in [0.1, 0.15) is 87.8 Å². The average molecular weight is 290 g/mol. The molecule has 21 heavy (non-hydrogen) atoms. The van der Waals surface area contributed by atoms with Crippen molar-refractivity contribution < 1.29 is 0 Å². The van der Waals surface area contributed by atoms with Gasteiger partial charge in [-0.2, -0.15) is 0 Å². The number of benzene rings is 1. The molecule has 0 radical (unpaired) electrons. The molecule has 0 fully saturated rings. The smallest absolute Gasteiger partial charge is 0.0349 e. The lowest BCUT2D eigenvalue weighted by molar-refractivity contribution is 0.556. The lowest BCUT2D eigenvalue weighted by Gasteiger charge is -2.12. The Morgan fingerprint density at radius 3 is 1.86 bits per heavy atom. The third-order valence-electron chi connectivity index (χ3n) is 4.69. The molecule has 1 nitrogen and oxygen atoms in total. The molecule has 0 aliphatic carbocycles. The Kier molecular flexibility index (Phi) is 9.21. The van der Waals surface area contributed by atoms with Gasteiger partial charge in [0.25, 0.3) is 0 Å². The first-order valence-corrected chi connectivity index (χ1v) is 9.01. The molecular weight excluding hydrogens is 254 g/mol. The van der Waals surface area contributed by atoms with Crippen LogP contribution in [0.4, 0.5) is 5.69 Å². The van der Waals surface area contributed by atoms with Gasteiger partial charge in [-0.1, -0.05) is 70.8 Å². The Balaban J connectivity index is 2.08. The van der Waals surface area contributed by atoms with Gasteiger partial charge in [-0.25, -0.2) is 0 Å². The fourth-order valence-corrected chi connectivity index (χ4v) is 3.02. The molecule has 0 saturated heterocycles. The summed E-state index contributed by atoms with van der Waals surface area (Å²) < 4.78 is 0. The molecule has 0 amide bonds. The molecule has 0 heterocycles. The number of rotatable bonds is 11. The zero-order chi connectivity index (χ0) is 15.5. The molecular formula is C20H35N. The van der Waals surface area contributed by atoms with E-state index in [9.17, 15) is 0 Å². The highest BCUT2D eigenvalue weighted by Gasteiger charge is 2.05. The van der Waals surface area contributed by atoms with Gasteiger partial charge in [0.1, 0.15) is 0 Å². The van der Waals surface area contributed by atoms with Crippen LogP contribution in [-0.2, 0) is 6.42 Å². The van der Waals surface area contributed by atoms with E-state index in [1.54, 1.807) is 0 Å². The first-order valence-electron chi connectivity index (χ1n) is 9.01. The maximum absolute atomic E-state index is 6.11. The van der Waals surface area contributed by atoms with Gasteiger partial charge in [0.15, 0.2) is 0 Å². The van der Waals surface area contributed by atoms with Crippen LogP contribution in [0.5, 0.6) is 0 Å². The van der Waals surface area contributed by atoms with Crippen molar-refractivity contribution in [1.82, 2.24) is 0 Å². The van der Waals surface area contributed by atoms with Crippen molar-refractivity contribution in [3.05, 3.63) is 28.8 Å². The minimum Gasteiger partial charge on any atom is -0.398 e. The summed E-state index contributed by atoms with van der Waals surface area (Å²) in [6.07, 6.45) is 15.1. The van der Waals surface area contributed by atoms with Crippen LogP contribution in [0.25, 0.3) is 0 Å². The van der Waals surface area contributed by atoms with E-state index in [0.29, 0.717) is 0 Å². The van der Waals surface area contributed by atoms with Crippen LogP contribution in [0, 0.1) is 13.8 Å². The average Bonchev–Trinajstić information content (AvgIpc) is 2.48. The normalized spacial score (nSPS) is 11.0. The molecule has 0 aromatic heterocycles. The van der Waals surface area contributed by atoms with E-state index < -0.39 is 0 Å². The Morgan fingerprint density at radius 1 is 0.762 bits per heavy atom. The summed E-state index contributed by atoms with van der Waals surface area (Å²) in [5, 5.41) is 0. The molecule has 1 aromatic rings. The second kappa shape index (κ2) is 10.7. The highest BCUT2D eigenvalue weighted by molar-refractivity contribution is 5.53. The van der Waals surface area contributed by atoms with Crippen LogP contribution in [0.3, 0.4) is 0 Å². The van der Waals surface area contributed by atoms with Crippen LogP contribution >= 0.6 is 0 Å². The first kappa shape index (κ1) is 18.1. The topological polar surface area (TPSA) is 26.0 Å². The SMILES string of the molecule is CCCCCCCCCCCCc1c(N)ccc(C)c1C. The molecule has 0 unspecified atom stereocenters. The summed E-state index contributed by atoms with van der Waals surface area (Å²) in [6, 6.07) is 4.20. The summed E-state index contributed by atoms with van der Waals surface area (Å²) in [5.41, 5.74) is 11.2. The van der Waals surface area contributed by atoms with E-state index in [4.69, 9.17) is 5.73 Å². The van der Waals surface area contributed by atoms with Gasteiger partial charge in [-0.3, -0.25) is 0 Å². The van der Waals surface area contributed by atoms with Crippen molar-refractivity contribution in [3.8, 4) is 0 Å². The van der Waals surface area contributed by atoms with Gasteiger partial charge in [0.2, 0.25) is 0 Å². The fourth-order valence-electron chi connectivity index (χ4n) is 3.02. The summed E-state index contributed by atoms with van der Waals surface area (Å²) in [5.74, 6) is 0. The summed E-state index contributed by atoms with van der Waals surface area (Å²) in [7, 11) is 0. The molecule has 0 saturated carbocycles. The largest absolute Gasteiger partial charge is 0.398 e. The van der Waals surface area contributed by atoms with Crippen molar-refractivity contribution in [2.24, 2.45) is 0 Å². The predicted octanol–water partition coefficient (Wildman–Crippen LogP) is 6.35. The van der Waals surface area contributed by atoms with Gasteiger partial charge in [0, 0.05) is 5.69 Å². The lowest BCUT2D eigenvalue weighted by Crippen LogP contribution is -1.99. The molecule has 0 atom stereocenters. The Morgan fingerprint density at radius 2 is 1.29 bits per heavy atom. The Labute approximate surface area is 132 Å². The van der Waals surface area contributed by atoms with Crippen molar-refractivity contribution in [2.75, 3.05) is 5.73 Å². The maximum atomic E-state index is 6.11. The molecule has 0 spiro atoms. The fraction of sp³-hybridized carbons (Fsp3) is 0.700. The minimum atomic E-state index is 0.981. The molecule has 2 N–H and O–H groups in total. The van der Waals surface area contributed by atoms with E-state index in [0.717, 1.165) is 12.1 Å². The van der Waals surface area contributed by atoms with Crippen molar-refractivity contribution >= 4 is 5.69 Å². The van der Waals surface area contributed by atoms with Gasteiger partial charge >= 0.3 is 0 Å². The quantitative estimate of drug-likeness (QED) is 0.373. The standard InChI is InChI=1S/C20H35N/c1-4-5-6-7-8-9-10-11-12-13-14-19-18(3)17(2)15-16-20(19)21/h15-16H,4-14,21H2,1-3H3. The van der Waals surface area contributed by atoms with Crippen molar-refractivity contribution in [1.29, 1.82) is 0 Å². The molecule has 0 aliphatic rings. The van der Waals surface area contributed by atoms with E-state index >= 15 is 0 Å². The minimum absolute atomic E-state index is 0.981. The number of nitrogens with two attached hydrogens (primary N) is 1. The first-order chi connectivity index (χ1) is 10.2. The monoisotopic (exact) mass is 289 g/mol. The van der Waals surface area contributed by atoms with Crippen LogP contribution in [0.15, 0.2) is 12.1 Å². The highest BCUT2D eigenvalue weighted by atomic mass is 14.6. The van der Waals surface area contributed by atoms with Crippen LogP contribution < -0.4 is 5.73 Å². The van der Waals surface area contributed by atoms with Gasteiger partial charge < -0.3 is 5.73 Å². The Bertz CT molecular complexity index is 395. The lowest BCUT2D eigenvalue weighted by atomic mass is 9.96. The molecule has 1 aromatic carbocycles. The summed E-state index contributed by atoms with van der Waals surface area (Å²) >= 11 is 0. The molecule has 0 bridgehead atoms. The predicted molar refractivity (Wildman–Crippen MR) is 95.9 cm³/mol. The molecule has 1 heteroatoms. The van der Waals surface area contributed by atoms with E-state index in [1.165, 1.54) is 80.9 Å². The number of hydrogen-bond donors (Lipinski definition) is 1. The third-order valence-corrected chi connectivity index (χ3v) is 4.69. The van der Waals surface area contributed by atoms with Gasteiger partial charge in [0.05, 0.1) is 0 Å². The summed E-state index contributed by atoms with van der Waals surface area (Å²) in [6.45, 7) is 6.66. The zero-order valence-corrected chi connectivity index (χ0v) is 14.5. The second-order valence-electron chi connectivity index (χ2n) is 6.51. The Hall–Kier alpha value is -0.980. The summed E-state index contributed by atoms with van der Waals surface area (Å²) in [4.78, 5) is 0. The molecule has 120 valence electrons. The third kappa shape index (κ3) is 7.02.